The van der Waals surface area contributed by atoms with E-state index in [0.29, 0.717) is 40.2 Å². The van der Waals surface area contributed by atoms with Gasteiger partial charge >= 0.3 is 11.1 Å². The van der Waals surface area contributed by atoms with E-state index in [9.17, 15) is 39.3 Å². The van der Waals surface area contributed by atoms with Gasteiger partial charge < -0.3 is 24.1 Å². The maximum Gasteiger partial charge on any atom is 0.347 e. The molecule has 0 spiro atoms. The van der Waals surface area contributed by atoms with Gasteiger partial charge in [-0.3, -0.25) is 13.7 Å². The number of anilines is 2. The molecule has 0 atom stereocenters. The average molecular weight is 960 g/mol. The Morgan fingerprint density at radius 2 is 1.60 bits per heavy atom. The Balaban J connectivity index is 0.00000363. The largest absolute Gasteiger partial charge is 0.744 e. The van der Waals surface area contributed by atoms with E-state index in [1.807, 2.05) is 11.8 Å². The summed E-state index contributed by atoms with van der Waals surface area (Å²) in [6.07, 6.45) is 4.00. The Labute approximate surface area is 409 Å². The van der Waals surface area contributed by atoms with Crippen LogP contribution in [0.15, 0.2) is 113 Å². The van der Waals surface area contributed by atoms with Crippen molar-refractivity contribution in [3.05, 3.63) is 124 Å². The monoisotopic (exact) mass is 958 g/mol. The van der Waals surface area contributed by atoms with Gasteiger partial charge in [-0.25, -0.2) is 17.6 Å². The van der Waals surface area contributed by atoms with E-state index in [-0.39, 0.29) is 115 Å². The van der Waals surface area contributed by atoms with Crippen LogP contribution in [0.4, 0.5) is 11.6 Å². The molecule has 1 aromatic heterocycles. The zero-order chi connectivity index (χ0) is 43.1. The number of nitrogens with one attached hydrogen (secondary N) is 1. The minimum Gasteiger partial charge on any atom is -0.744 e. The maximum absolute atomic E-state index is 12.8. The van der Waals surface area contributed by atoms with Gasteiger partial charge in [0.15, 0.2) is 4.86 Å². The van der Waals surface area contributed by atoms with Crippen LogP contribution in [0.2, 0.25) is 10.6 Å². The third-order valence-corrected chi connectivity index (χ3v) is 11.9. The first-order chi connectivity index (χ1) is 28.3. The van der Waals surface area contributed by atoms with Crippen molar-refractivity contribution in [2.45, 2.75) is 23.3 Å². The van der Waals surface area contributed by atoms with Crippen molar-refractivity contribution in [2.24, 2.45) is 0 Å². The third kappa shape index (κ3) is 11.1. The molecule has 312 valence electrons. The van der Waals surface area contributed by atoms with Gasteiger partial charge in [0.25, 0.3) is 10.1 Å². The molecule has 0 amide bonds. The predicted molar refractivity (Wildman–Crippen MR) is 236 cm³/mol. The molecule has 25 heteroatoms. The van der Waals surface area contributed by atoms with Crippen LogP contribution in [0.25, 0.3) is 28.1 Å². The molecule has 3 aliphatic rings. The predicted octanol–water partition coefficient (Wildman–Crippen LogP) is 3.42. The fourth-order valence-corrected chi connectivity index (χ4v) is 8.58. The second-order valence-electron chi connectivity index (χ2n) is 12.8. The Morgan fingerprint density at radius 3 is 2.24 bits per heavy atom. The average Bonchev–Trinajstić information content (AvgIpc) is 3.18. The quantitative estimate of drug-likeness (QED) is 0.0504. The molecule has 0 bridgehead atoms. The van der Waals surface area contributed by atoms with Crippen LogP contribution in [-0.2, 0) is 36.9 Å². The number of benzene rings is 4. The second-order valence-corrected chi connectivity index (χ2v) is 17.7. The Bertz CT molecular complexity index is 3240. The van der Waals surface area contributed by atoms with Crippen molar-refractivity contribution >= 4 is 146 Å². The summed E-state index contributed by atoms with van der Waals surface area (Å²) >= 11 is 11.7. The summed E-state index contributed by atoms with van der Waals surface area (Å²) in [6.45, 7) is 2.52. The third-order valence-electron chi connectivity index (χ3n) is 8.96. The molecular formula is C37H30Cl2N8Na2O10S3. The van der Waals surface area contributed by atoms with Crippen LogP contribution in [0.5, 0.6) is 5.75 Å². The first kappa shape index (κ1) is 49.3. The Morgan fingerprint density at radius 1 is 0.871 bits per heavy atom. The minimum absolute atomic E-state index is 0. The van der Waals surface area contributed by atoms with Crippen molar-refractivity contribution < 1.29 is 44.0 Å². The molecule has 0 saturated carbocycles. The molecule has 0 saturated heterocycles. The Hall–Kier alpha value is -3.71. The van der Waals surface area contributed by atoms with Crippen molar-refractivity contribution in [2.75, 3.05) is 23.9 Å². The van der Waals surface area contributed by atoms with Gasteiger partial charge in [-0.2, -0.15) is 23.4 Å². The summed E-state index contributed by atoms with van der Waals surface area (Å²) in [5, 5.41) is 2.57. The first-order valence-corrected chi connectivity index (χ1v) is 22.3. The summed E-state index contributed by atoms with van der Waals surface area (Å²) in [5.74, 6) is -0.203. The van der Waals surface area contributed by atoms with Gasteiger partial charge in [-0.1, -0.05) is 16.8 Å². The standard InChI is InChI=1S/C37H30Cl2N8O10S3.2Na/c1-3-46(20-21-5-4-6-26(15-21)58(48,49)50)24-9-13-28-31(18-24)47(25-10-14-32(57-2)34(19-25)60(54,55)56)30-16-22(7-11-27(30)42-28)40-29-12-8-23(17-33(29)59(51,52)53)41-37-44-35(38)43-36(39)45-37;;/h4-19H,3,20H2,1-2H3,(H4,41,42,43,44,45,48,49,50,51,52,53,54,55,56);;. The molecule has 2 aliphatic carbocycles. The van der Waals surface area contributed by atoms with Gasteiger partial charge in [0, 0.05) is 101 Å². The van der Waals surface area contributed by atoms with Gasteiger partial charge in [-0.15, -0.1) is 0 Å². The molecule has 2 radical (unpaired) electrons. The van der Waals surface area contributed by atoms with Crippen LogP contribution in [0, 0.1) is 0 Å². The van der Waals surface area contributed by atoms with E-state index in [1.165, 1.54) is 49.6 Å². The summed E-state index contributed by atoms with van der Waals surface area (Å²) in [4.78, 5) is 16.9. The molecule has 2 heterocycles. The molecule has 62 heavy (non-hydrogen) atoms. The van der Waals surface area contributed by atoms with Crippen molar-refractivity contribution in [1.29, 1.82) is 0 Å². The number of fused-ring (bicyclic) bond motifs is 2. The summed E-state index contributed by atoms with van der Waals surface area (Å²) < 4.78 is 116. The number of hydrogen-bond acceptors (Lipinski definition) is 13. The maximum atomic E-state index is 12.8. The van der Waals surface area contributed by atoms with E-state index >= 15 is 0 Å². The number of allylic oxidation sites excluding steroid dienone is 3. The SMILES string of the molecule is CCN(Cc1cccc(S(=O)(=O)[O-])c1)c1ccc2nc3ccc(=[N+]=C4C=CC(Nc5nc(Cl)nc(Cl)n5)=CC4=S(=O)(O)O)cc-3n(-c3ccc(OC)c(S(=O)(=O)O)c3)c2c1.[Na].[Na]. The number of halogens is 2. The zero-order valence-electron chi connectivity index (χ0n) is 33.0. The van der Waals surface area contributed by atoms with Crippen molar-refractivity contribution in [3.63, 3.8) is 0 Å². The zero-order valence-corrected chi connectivity index (χ0v) is 40.9. The van der Waals surface area contributed by atoms with E-state index in [1.54, 1.807) is 53.1 Å². The van der Waals surface area contributed by atoms with Gasteiger partial charge in [0.1, 0.15) is 20.8 Å². The van der Waals surface area contributed by atoms with E-state index < -0.39 is 40.1 Å². The van der Waals surface area contributed by atoms with E-state index in [0.717, 1.165) is 6.08 Å². The normalized spacial score (nSPS) is 12.9. The van der Waals surface area contributed by atoms with Crippen molar-refractivity contribution in [1.82, 2.24) is 29.2 Å². The molecule has 1 aliphatic heterocycles. The van der Waals surface area contributed by atoms with Crippen LogP contribution < -0.4 is 25.0 Å². The van der Waals surface area contributed by atoms with Gasteiger partial charge in [0.05, 0.1) is 40.5 Å². The van der Waals surface area contributed by atoms with E-state index in [2.05, 4.69) is 24.9 Å². The number of nitrogens with zero attached hydrogens (tertiary/aromatic N) is 7. The number of aromatic nitrogens is 5. The van der Waals surface area contributed by atoms with Crippen LogP contribution in [0.1, 0.15) is 12.5 Å². The van der Waals surface area contributed by atoms with Gasteiger partial charge in [0.2, 0.25) is 26.6 Å². The fourth-order valence-electron chi connectivity index (χ4n) is 6.33. The van der Waals surface area contributed by atoms with E-state index in [4.69, 9.17) is 32.9 Å². The number of ether oxygens (including phenoxy) is 1. The Kier molecular flexibility index (Phi) is 15.6. The second kappa shape index (κ2) is 19.6. The topological polar surface area (TPSA) is 264 Å². The van der Waals surface area contributed by atoms with Crippen molar-refractivity contribution in [3.8, 4) is 22.8 Å². The molecule has 18 nitrogen and oxygen atoms in total. The molecule has 0 fully saturated rings. The summed E-state index contributed by atoms with van der Waals surface area (Å²) in [5.41, 5.74) is 3.17. The van der Waals surface area contributed by atoms with Crippen LogP contribution in [0.3, 0.4) is 0 Å². The van der Waals surface area contributed by atoms with Crippen LogP contribution >= 0.6 is 23.2 Å². The first-order valence-electron chi connectivity index (χ1n) is 17.2. The van der Waals surface area contributed by atoms with Crippen LogP contribution in [-0.4, -0.2) is 147 Å². The van der Waals surface area contributed by atoms with Gasteiger partial charge in [-0.05, 0) is 102 Å². The molecule has 0 unspecified atom stereocenters. The number of methoxy groups -OCH3 is 1. The molecule has 7 rings (SSSR count). The number of hydrogen-bond donors (Lipinski definition) is 4. The molecular weight excluding hydrogens is 930 g/mol. The summed E-state index contributed by atoms with van der Waals surface area (Å²) in [7, 11) is -12.9. The molecule has 3 aromatic carbocycles. The molecule has 4 aromatic rings. The minimum atomic E-state index is -4.80. The summed E-state index contributed by atoms with van der Waals surface area (Å²) in [6, 6.07) is 20.0. The number of rotatable bonds is 10. The fraction of sp³-hybridized carbons (Fsp3) is 0.108. The smallest absolute Gasteiger partial charge is 0.347 e. The molecule has 4 N–H and O–H groups in total.